The molecule has 38 heavy (non-hydrogen) atoms. The van der Waals surface area contributed by atoms with Gasteiger partial charge in [-0.25, -0.2) is 8.42 Å². The van der Waals surface area contributed by atoms with E-state index in [0.717, 1.165) is 26.2 Å². The van der Waals surface area contributed by atoms with E-state index in [4.69, 9.17) is 4.74 Å². The van der Waals surface area contributed by atoms with Gasteiger partial charge in [-0.3, -0.25) is 13.9 Å². The van der Waals surface area contributed by atoms with E-state index in [-0.39, 0.29) is 24.6 Å². The molecule has 0 aliphatic rings. The van der Waals surface area contributed by atoms with E-state index >= 15 is 0 Å². The molecule has 2 amide bonds. The molecule has 0 saturated carbocycles. The highest BCUT2D eigenvalue weighted by Crippen LogP contribution is 2.30. The first-order chi connectivity index (χ1) is 18.1. The third-order valence-electron chi connectivity index (χ3n) is 5.90. The number of nitrogens with zero attached hydrogens (tertiary/aromatic N) is 2. The molecule has 0 aromatic heterocycles. The summed E-state index contributed by atoms with van der Waals surface area (Å²) < 4.78 is 33.0. The molecule has 1 N–H and O–H groups in total. The highest BCUT2D eigenvalue weighted by molar-refractivity contribution is 9.10. The summed E-state index contributed by atoms with van der Waals surface area (Å²) in [6, 6.07) is 22.6. The molecular weight excluding hydrogens is 570 g/mol. The number of halogens is 1. The van der Waals surface area contributed by atoms with E-state index in [9.17, 15) is 18.0 Å². The van der Waals surface area contributed by atoms with Crippen molar-refractivity contribution in [3.8, 4) is 5.75 Å². The minimum Gasteiger partial charge on any atom is -0.495 e. The largest absolute Gasteiger partial charge is 0.495 e. The number of nitrogens with one attached hydrogen (secondary N) is 1. The fourth-order valence-electron chi connectivity index (χ4n) is 4.11. The number of amides is 2. The summed E-state index contributed by atoms with van der Waals surface area (Å²) >= 11 is 3.46. The number of sulfonamides is 1. The fraction of sp³-hybridized carbons (Fsp3) is 0.286. The number of hydrogen-bond acceptors (Lipinski definition) is 5. The van der Waals surface area contributed by atoms with Gasteiger partial charge in [-0.05, 0) is 42.3 Å². The summed E-state index contributed by atoms with van der Waals surface area (Å²) in [7, 11) is -2.44. The topological polar surface area (TPSA) is 96.0 Å². The van der Waals surface area contributed by atoms with Gasteiger partial charge in [0.2, 0.25) is 21.8 Å². The summed E-state index contributed by atoms with van der Waals surface area (Å²) in [5, 5.41) is 2.84. The minimum atomic E-state index is -3.88. The SMILES string of the molecule is CCNC(=O)[C@H](Cc1ccccc1)N(Cc1cccc(Br)c1)C(=O)CN(c1ccccc1OC)S(C)(=O)=O. The van der Waals surface area contributed by atoms with Crippen molar-refractivity contribution in [2.75, 3.05) is 30.8 Å². The van der Waals surface area contributed by atoms with Gasteiger partial charge in [0.15, 0.2) is 0 Å². The van der Waals surface area contributed by atoms with Gasteiger partial charge in [0.05, 0.1) is 19.1 Å². The first-order valence-corrected chi connectivity index (χ1v) is 14.7. The van der Waals surface area contributed by atoms with Crippen LogP contribution in [0, 0.1) is 0 Å². The molecule has 202 valence electrons. The lowest BCUT2D eigenvalue weighted by molar-refractivity contribution is -0.140. The van der Waals surface area contributed by atoms with Crippen LogP contribution < -0.4 is 14.4 Å². The molecule has 1 atom stereocenters. The van der Waals surface area contributed by atoms with E-state index < -0.39 is 28.5 Å². The van der Waals surface area contributed by atoms with Gasteiger partial charge in [0.25, 0.3) is 0 Å². The van der Waals surface area contributed by atoms with Crippen molar-refractivity contribution in [3.05, 3.63) is 94.5 Å². The second kappa shape index (κ2) is 13.4. The van der Waals surface area contributed by atoms with Crippen LogP contribution in [0.3, 0.4) is 0 Å². The average molecular weight is 603 g/mol. The Morgan fingerprint density at radius 1 is 0.974 bits per heavy atom. The van der Waals surface area contributed by atoms with Gasteiger partial charge in [-0.1, -0.05) is 70.5 Å². The van der Waals surface area contributed by atoms with Crippen molar-refractivity contribution < 1.29 is 22.7 Å². The maximum Gasteiger partial charge on any atom is 0.244 e. The molecule has 0 aliphatic heterocycles. The molecule has 3 aromatic carbocycles. The number of carbonyl (C=O) groups excluding carboxylic acids is 2. The predicted octanol–water partition coefficient (Wildman–Crippen LogP) is 4.00. The maximum atomic E-state index is 14.0. The normalized spacial score (nSPS) is 11.9. The average Bonchev–Trinajstić information content (AvgIpc) is 2.89. The number of ether oxygens (including phenoxy) is 1. The molecule has 3 aromatic rings. The number of carbonyl (C=O) groups is 2. The standard InChI is InChI=1S/C28H32BrN3O5S/c1-4-30-28(34)25(18-21-11-6-5-7-12-21)31(19-22-13-10-14-23(29)17-22)27(33)20-32(38(3,35)36)24-15-8-9-16-26(24)37-2/h5-17,25H,4,18-20H2,1-3H3,(H,30,34)/t25-/m0/s1. The molecule has 10 heteroatoms. The number of para-hydroxylation sites is 2. The van der Waals surface area contributed by atoms with Crippen LogP contribution in [-0.2, 0) is 32.6 Å². The second-order valence-corrected chi connectivity index (χ2v) is 11.5. The van der Waals surface area contributed by atoms with Crippen LogP contribution in [0.5, 0.6) is 5.75 Å². The highest BCUT2D eigenvalue weighted by Gasteiger charge is 2.33. The van der Waals surface area contributed by atoms with Crippen molar-refractivity contribution in [3.63, 3.8) is 0 Å². The Hall–Kier alpha value is -3.37. The van der Waals surface area contributed by atoms with Crippen molar-refractivity contribution >= 4 is 43.5 Å². The van der Waals surface area contributed by atoms with Crippen molar-refractivity contribution in [2.45, 2.75) is 25.9 Å². The van der Waals surface area contributed by atoms with Gasteiger partial charge in [-0.2, -0.15) is 0 Å². The fourth-order valence-corrected chi connectivity index (χ4v) is 5.41. The van der Waals surface area contributed by atoms with E-state index in [1.807, 2.05) is 61.5 Å². The first-order valence-electron chi connectivity index (χ1n) is 12.1. The number of benzene rings is 3. The van der Waals surface area contributed by atoms with Gasteiger partial charge < -0.3 is 15.0 Å². The molecule has 0 bridgehead atoms. The zero-order chi connectivity index (χ0) is 27.7. The minimum absolute atomic E-state index is 0.108. The Kier molecular flexibility index (Phi) is 10.3. The summed E-state index contributed by atoms with van der Waals surface area (Å²) in [5.41, 5.74) is 1.91. The molecule has 0 radical (unpaired) electrons. The molecular formula is C28H32BrN3O5S. The number of likely N-dealkylation sites (N-methyl/N-ethyl adjacent to an activating group) is 1. The van der Waals surface area contributed by atoms with E-state index in [1.54, 1.807) is 24.3 Å². The second-order valence-electron chi connectivity index (χ2n) is 8.69. The molecule has 0 heterocycles. The number of hydrogen-bond donors (Lipinski definition) is 1. The van der Waals surface area contributed by atoms with Gasteiger partial charge >= 0.3 is 0 Å². The van der Waals surface area contributed by atoms with Gasteiger partial charge in [-0.15, -0.1) is 0 Å². The van der Waals surface area contributed by atoms with Crippen molar-refractivity contribution in [1.29, 1.82) is 0 Å². The van der Waals surface area contributed by atoms with Crippen molar-refractivity contribution in [2.24, 2.45) is 0 Å². The van der Waals surface area contributed by atoms with E-state index in [0.29, 0.717) is 12.3 Å². The molecule has 3 rings (SSSR count). The zero-order valence-corrected chi connectivity index (χ0v) is 24.0. The van der Waals surface area contributed by atoms with Gasteiger partial charge in [0.1, 0.15) is 18.3 Å². The van der Waals surface area contributed by atoms with Crippen LogP contribution in [0.1, 0.15) is 18.1 Å². The molecule has 0 fully saturated rings. The van der Waals surface area contributed by atoms with E-state index in [2.05, 4.69) is 21.2 Å². The Morgan fingerprint density at radius 2 is 1.63 bits per heavy atom. The number of methoxy groups -OCH3 is 1. The van der Waals surface area contributed by atoms with Crippen LogP contribution in [0.2, 0.25) is 0 Å². The lowest BCUT2D eigenvalue weighted by Crippen LogP contribution is -2.53. The lowest BCUT2D eigenvalue weighted by Gasteiger charge is -2.33. The Labute approximate surface area is 232 Å². The van der Waals surface area contributed by atoms with E-state index in [1.165, 1.54) is 12.0 Å². The van der Waals surface area contributed by atoms with Crippen LogP contribution in [-0.4, -0.2) is 57.6 Å². The number of rotatable bonds is 12. The molecule has 0 saturated heterocycles. The van der Waals surface area contributed by atoms with Crippen LogP contribution >= 0.6 is 15.9 Å². The molecule has 0 unspecified atom stereocenters. The quantitative estimate of drug-likeness (QED) is 0.338. The lowest BCUT2D eigenvalue weighted by atomic mass is 10.0. The smallest absolute Gasteiger partial charge is 0.244 e. The summed E-state index contributed by atoms with van der Waals surface area (Å²) in [5.74, 6) is -0.523. The first kappa shape index (κ1) is 29.2. The molecule has 0 aliphatic carbocycles. The molecule has 0 spiro atoms. The van der Waals surface area contributed by atoms with Crippen LogP contribution in [0.4, 0.5) is 5.69 Å². The Balaban J connectivity index is 2.06. The molecule has 8 nitrogen and oxygen atoms in total. The zero-order valence-electron chi connectivity index (χ0n) is 21.6. The summed E-state index contributed by atoms with van der Waals surface area (Å²) in [6.45, 7) is 1.80. The maximum absolute atomic E-state index is 14.0. The Morgan fingerprint density at radius 3 is 2.26 bits per heavy atom. The van der Waals surface area contributed by atoms with Crippen molar-refractivity contribution in [1.82, 2.24) is 10.2 Å². The predicted molar refractivity (Wildman–Crippen MR) is 152 cm³/mol. The summed E-state index contributed by atoms with van der Waals surface area (Å²) in [4.78, 5) is 28.8. The third-order valence-corrected chi connectivity index (χ3v) is 7.52. The van der Waals surface area contributed by atoms with Crippen LogP contribution in [0.25, 0.3) is 0 Å². The Bertz CT molecular complexity index is 1350. The monoisotopic (exact) mass is 601 g/mol. The number of anilines is 1. The third kappa shape index (κ3) is 7.82. The summed E-state index contributed by atoms with van der Waals surface area (Å²) in [6.07, 6.45) is 1.30. The van der Waals surface area contributed by atoms with Crippen LogP contribution in [0.15, 0.2) is 83.3 Å². The van der Waals surface area contributed by atoms with Gasteiger partial charge in [0, 0.05) is 24.0 Å². The highest BCUT2D eigenvalue weighted by atomic mass is 79.9.